The lowest BCUT2D eigenvalue weighted by molar-refractivity contribution is -0.143. The molecule has 0 radical (unpaired) electrons. The van der Waals surface area contributed by atoms with Crippen LogP contribution in [0.3, 0.4) is 0 Å². The lowest BCUT2D eigenvalue weighted by Crippen LogP contribution is -2.25. The van der Waals surface area contributed by atoms with Crippen LogP contribution in [0.4, 0.5) is 5.69 Å². The largest absolute Gasteiger partial charge is 0.481 e. The summed E-state index contributed by atoms with van der Waals surface area (Å²) in [6, 6.07) is 7.58. The van der Waals surface area contributed by atoms with Crippen LogP contribution in [0.2, 0.25) is 0 Å². The maximum absolute atomic E-state index is 10.9. The number of aliphatic carboxylic acids is 1. The van der Waals surface area contributed by atoms with E-state index in [2.05, 4.69) is 27.3 Å². The smallest absolute Gasteiger partial charge is 0.306 e. The first kappa shape index (κ1) is 14.9. The average Bonchev–Trinajstić information content (AvgIpc) is 2.46. The summed E-state index contributed by atoms with van der Waals surface area (Å²) in [6.07, 6.45) is 3.46. The predicted octanol–water partition coefficient (Wildman–Crippen LogP) is 3.62. The van der Waals surface area contributed by atoms with Gasteiger partial charge < -0.3 is 10.4 Å². The number of nitriles is 1. The Hall–Kier alpha value is -1.54. The second-order valence-corrected chi connectivity index (χ2v) is 6.10. The predicted molar refractivity (Wildman–Crippen MR) is 80.4 cm³/mol. The van der Waals surface area contributed by atoms with Crippen molar-refractivity contribution in [2.75, 3.05) is 11.9 Å². The quantitative estimate of drug-likeness (QED) is 0.880. The van der Waals surface area contributed by atoms with E-state index in [1.165, 1.54) is 0 Å². The van der Waals surface area contributed by atoms with Crippen LogP contribution in [-0.4, -0.2) is 17.6 Å². The minimum atomic E-state index is -0.661. The second kappa shape index (κ2) is 6.76. The van der Waals surface area contributed by atoms with E-state index in [0.29, 0.717) is 11.5 Å². The summed E-state index contributed by atoms with van der Waals surface area (Å²) in [5, 5.41) is 21.2. The molecule has 1 fully saturated rings. The molecule has 5 heteroatoms. The molecule has 1 aromatic carbocycles. The highest BCUT2D eigenvalue weighted by molar-refractivity contribution is 9.10. The van der Waals surface area contributed by atoms with Crippen molar-refractivity contribution in [3.05, 3.63) is 28.2 Å². The molecule has 4 nitrogen and oxygen atoms in total. The van der Waals surface area contributed by atoms with Crippen molar-refractivity contribution in [2.45, 2.75) is 25.7 Å². The molecule has 0 unspecified atom stereocenters. The summed E-state index contributed by atoms with van der Waals surface area (Å²) < 4.78 is 0.885. The molecule has 106 valence electrons. The standard InChI is InChI=1S/C15H17BrN2O2/c16-13-7-11(8-17)3-6-14(13)18-9-10-1-4-12(5-2-10)15(19)20/h3,6-7,10,12,18H,1-2,4-5,9H2,(H,19,20). The van der Waals surface area contributed by atoms with Gasteiger partial charge in [-0.05, 0) is 65.7 Å². The summed E-state index contributed by atoms with van der Waals surface area (Å²) in [6.45, 7) is 0.844. The van der Waals surface area contributed by atoms with Gasteiger partial charge in [0.05, 0.1) is 17.6 Å². The van der Waals surface area contributed by atoms with Crippen LogP contribution >= 0.6 is 15.9 Å². The number of nitrogens with one attached hydrogen (secondary N) is 1. The fraction of sp³-hybridized carbons (Fsp3) is 0.467. The van der Waals surface area contributed by atoms with E-state index in [1.807, 2.05) is 6.07 Å². The number of benzene rings is 1. The van der Waals surface area contributed by atoms with Gasteiger partial charge in [-0.15, -0.1) is 0 Å². The van der Waals surface area contributed by atoms with Gasteiger partial charge in [0, 0.05) is 16.7 Å². The minimum absolute atomic E-state index is 0.159. The van der Waals surface area contributed by atoms with Crippen molar-refractivity contribution in [1.29, 1.82) is 5.26 Å². The van der Waals surface area contributed by atoms with Crippen molar-refractivity contribution in [1.82, 2.24) is 0 Å². The van der Waals surface area contributed by atoms with Crippen LogP contribution in [0.15, 0.2) is 22.7 Å². The Morgan fingerprint density at radius 3 is 2.65 bits per heavy atom. The molecule has 0 atom stereocenters. The summed E-state index contributed by atoms with van der Waals surface area (Å²) in [5.41, 5.74) is 1.61. The molecular formula is C15H17BrN2O2. The van der Waals surface area contributed by atoms with E-state index in [0.717, 1.165) is 42.4 Å². The van der Waals surface area contributed by atoms with Gasteiger partial charge in [-0.3, -0.25) is 4.79 Å². The molecule has 1 aliphatic rings. The number of hydrogen-bond donors (Lipinski definition) is 2. The van der Waals surface area contributed by atoms with Crippen LogP contribution in [-0.2, 0) is 4.79 Å². The number of halogens is 1. The Balaban J connectivity index is 1.85. The molecule has 0 heterocycles. The van der Waals surface area contributed by atoms with Crippen molar-refractivity contribution in [3.63, 3.8) is 0 Å². The number of nitrogens with zero attached hydrogens (tertiary/aromatic N) is 1. The Labute approximate surface area is 126 Å². The van der Waals surface area contributed by atoms with Crippen LogP contribution < -0.4 is 5.32 Å². The molecule has 0 bridgehead atoms. The number of carbonyl (C=O) groups is 1. The average molecular weight is 337 g/mol. The molecule has 0 aliphatic heterocycles. The van der Waals surface area contributed by atoms with E-state index < -0.39 is 5.97 Å². The molecule has 20 heavy (non-hydrogen) atoms. The van der Waals surface area contributed by atoms with E-state index in [-0.39, 0.29) is 5.92 Å². The maximum atomic E-state index is 10.9. The second-order valence-electron chi connectivity index (χ2n) is 5.24. The summed E-state index contributed by atoms with van der Waals surface area (Å²) in [7, 11) is 0. The highest BCUT2D eigenvalue weighted by atomic mass is 79.9. The van der Waals surface area contributed by atoms with Crippen LogP contribution in [0.25, 0.3) is 0 Å². The molecule has 1 aromatic rings. The van der Waals surface area contributed by atoms with Gasteiger partial charge in [0.15, 0.2) is 0 Å². The molecule has 1 aliphatic carbocycles. The zero-order chi connectivity index (χ0) is 14.5. The van der Waals surface area contributed by atoms with E-state index in [1.54, 1.807) is 12.1 Å². The highest BCUT2D eigenvalue weighted by Gasteiger charge is 2.25. The van der Waals surface area contributed by atoms with Gasteiger partial charge in [-0.25, -0.2) is 0 Å². The van der Waals surface area contributed by atoms with Gasteiger partial charge in [-0.1, -0.05) is 0 Å². The summed E-state index contributed by atoms with van der Waals surface area (Å²) in [4.78, 5) is 10.9. The first-order chi connectivity index (χ1) is 9.60. The molecule has 2 rings (SSSR count). The lowest BCUT2D eigenvalue weighted by Gasteiger charge is -2.26. The third-order valence-electron chi connectivity index (χ3n) is 3.88. The molecule has 2 N–H and O–H groups in total. The number of rotatable bonds is 4. The third-order valence-corrected chi connectivity index (χ3v) is 4.53. The maximum Gasteiger partial charge on any atom is 0.306 e. The Morgan fingerprint density at radius 1 is 1.40 bits per heavy atom. The Kier molecular flexibility index (Phi) is 5.02. The topological polar surface area (TPSA) is 73.1 Å². The summed E-state index contributed by atoms with van der Waals surface area (Å²) in [5.74, 6) is -0.299. The van der Waals surface area contributed by atoms with Crippen LogP contribution in [0.1, 0.15) is 31.2 Å². The van der Waals surface area contributed by atoms with Crippen LogP contribution in [0.5, 0.6) is 0 Å². The zero-order valence-corrected chi connectivity index (χ0v) is 12.7. The fourth-order valence-corrected chi connectivity index (χ4v) is 3.11. The van der Waals surface area contributed by atoms with Crippen molar-refractivity contribution < 1.29 is 9.90 Å². The molecule has 1 saturated carbocycles. The molecule has 0 amide bonds. The third kappa shape index (κ3) is 3.73. The number of hydrogen-bond acceptors (Lipinski definition) is 3. The normalized spacial score (nSPS) is 22.0. The molecule has 0 spiro atoms. The summed E-state index contributed by atoms with van der Waals surface area (Å²) >= 11 is 3.45. The number of anilines is 1. The van der Waals surface area contributed by atoms with E-state index >= 15 is 0 Å². The zero-order valence-electron chi connectivity index (χ0n) is 11.1. The monoisotopic (exact) mass is 336 g/mol. The fourth-order valence-electron chi connectivity index (χ4n) is 2.60. The molecule has 0 aromatic heterocycles. The van der Waals surface area contributed by atoms with E-state index in [9.17, 15) is 4.79 Å². The molecular weight excluding hydrogens is 320 g/mol. The number of carboxylic acids is 1. The first-order valence-electron chi connectivity index (χ1n) is 6.76. The SMILES string of the molecule is N#Cc1ccc(NCC2CCC(C(=O)O)CC2)c(Br)c1. The van der Waals surface area contributed by atoms with Gasteiger partial charge in [-0.2, -0.15) is 5.26 Å². The molecule has 0 saturated heterocycles. The van der Waals surface area contributed by atoms with E-state index in [4.69, 9.17) is 10.4 Å². The van der Waals surface area contributed by atoms with Crippen molar-refractivity contribution in [3.8, 4) is 6.07 Å². The van der Waals surface area contributed by atoms with Gasteiger partial charge in [0.25, 0.3) is 0 Å². The first-order valence-corrected chi connectivity index (χ1v) is 7.55. The Morgan fingerprint density at radius 2 is 2.10 bits per heavy atom. The Bertz CT molecular complexity index is 531. The highest BCUT2D eigenvalue weighted by Crippen LogP contribution is 2.30. The minimum Gasteiger partial charge on any atom is -0.481 e. The lowest BCUT2D eigenvalue weighted by atomic mass is 9.82. The number of carboxylic acid groups (broad SMARTS) is 1. The van der Waals surface area contributed by atoms with Gasteiger partial charge in [0.2, 0.25) is 0 Å². The van der Waals surface area contributed by atoms with Gasteiger partial charge >= 0.3 is 5.97 Å². The van der Waals surface area contributed by atoms with Crippen molar-refractivity contribution in [2.24, 2.45) is 11.8 Å². The van der Waals surface area contributed by atoms with Crippen molar-refractivity contribution >= 4 is 27.6 Å². The van der Waals surface area contributed by atoms with Crippen LogP contribution in [0, 0.1) is 23.2 Å². The van der Waals surface area contributed by atoms with Gasteiger partial charge in [0.1, 0.15) is 0 Å².